The number of amides is 1. The van der Waals surface area contributed by atoms with E-state index in [2.05, 4.69) is 23.1 Å². The number of carbonyl (C=O) groups excluding carboxylic acids is 1. The maximum absolute atomic E-state index is 13.4. The van der Waals surface area contributed by atoms with Crippen LogP contribution in [0.15, 0.2) is 54.6 Å². The van der Waals surface area contributed by atoms with Crippen molar-refractivity contribution in [2.24, 2.45) is 0 Å². The van der Waals surface area contributed by atoms with E-state index >= 15 is 0 Å². The number of ether oxygens (including phenoxy) is 1. The monoisotopic (exact) mass is 321 g/mol. The SMILES string of the molecule is COc1cccc(C23CCCC(C2)N(Cc2ccccc2)C3=O)c1. The van der Waals surface area contributed by atoms with E-state index < -0.39 is 0 Å². The average molecular weight is 321 g/mol. The molecule has 2 unspecified atom stereocenters. The number of rotatable bonds is 4. The molecule has 3 nitrogen and oxygen atoms in total. The molecule has 2 bridgehead atoms. The Hall–Kier alpha value is -2.29. The molecule has 1 saturated heterocycles. The van der Waals surface area contributed by atoms with E-state index in [0.717, 1.165) is 43.5 Å². The summed E-state index contributed by atoms with van der Waals surface area (Å²) >= 11 is 0. The Labute approximate surface area is 143 Å². The molecule has 4 rings (SSSR count). The van der Waals surface area contributed by atoms with Crippen molar-refractivity contribution >= 4 is 5.91 Å². The van der Waals surface area contributed by atoms with Crippen molar-refractivity contribution in [2.75, 3.05) is 7.11 Å². The Morgan fingerprint density at radius 3 is 2.79 bits per heavy atom. The first-order chi connectivity index (χ1) is 11.7. The Bertz CT molecular complexity index is 743. The summed E-state index contributed by atoms with van der Waals surface area (Å²) in [6.45, 7) is 0.718. The molecule has 2 aromatic carbocycles. The maximum atomic E-state index is 13.4. The van der Waals surface area contributed by atoms with Gasteiger partial charge in [0.2, 0.25) is 5.91 Å². The predicted molar refractivity (Wildman–Crippen MR) is 93.9 cm³/mol. The predicted octanol–water partition coefficient (Wildman–Crippen LogP) is 3.92. The number of nitrogens with zero attached hydrogens (tertiary/aromatic N) is 1. The summed E-state index contributed by atoms with van der Waals surface area (Å²) < 4.78 is 5.38. The highest BCUT2D eigenvalue weighted by molar-refractivity contribution is 5.91. The van der Waals surface area contributed by atoms with Gasteiger partial charge in [0, 0.05) is 12.6 Å². The van der Waals surface area contributed by atoms with E-state index in [9.17, 15) is 4.79 Å². The lowest BCUT2D eigenvalue weighted by Gasteiger charge is -2.30. The van der Waals surface area contributed by atoms with E-state index in [4.69, 9.17) is 4.74 Å². The van der Waals surface area contributed by atoms with Gasteiger partial charge in [-0.1, -0.05) is 42.5 Å². The molecule has 1 aliphatic heterocycles. The average Bonchev–Trinajstić information content (AvgIpc) is 2.83. The highest BCUT2D eigenvalue weighted by Gasteiger charge is 2.54. The second-order valence-electron chi connectivity index (χ2n) is 6.98. The third-order valence-electron chi connectivity index (χ3n) is 5.65. The van der Waals surface area contributed by atoms with E-state index in [0.29, 0.717) is 11.9 Å². The van der Waals surface area contributed by atoms with Gasteiger partial charge in [0.05, 0.1) is 12.5 Å². The Balaban J connectivity index is 1.68. The van der Waals surface area contributed by atoms with Gasteiger partial charge >= 0.3 is 0 Å². The van der Waals surface area contributed by atoms with Crippen molar-refractivity contribution in [2.45, 2.75) is 43.7 Å². The summed E-state index contributed by atoms with van der Waals surface area (Å²) in [5, 5.41) is 0. The lowest BCUT2D eigenvalue weighted by atomic mass is 9.70. The second-order valence-corrected chi connectivity index (χ2v) is 6.98. The number of methoxy groups -OCH3 is 1. The quantitative estimate of drug-likeness (QED) is 0.854. The number of carbonyl (C=O) groups is 1. The minimum absolute atomic E-state index is 0.294. The largest absolute Gasteiger partial charge is 0.497 e. The zero-order valence-corrected chi connectivity index (χ0v) is 14.1. The van der Waals surface area contributed by atoms with Crippen molar-refractivity contribution in [3.63, 3.8) is 0 Å². The molecule has 0 radical (unpaired) electrons. The van der Waals surface area contributed by atoms with Crippen molar-refractivity contribution in [3.8, 4) is 5.75 Å². The molecule has 1 heterocycles. The summed E-state index contributed by atoms with van der Waals surface area (Å²) in [7, 11) is 1.68. The van der Waals surface area contributed by atoms with E-state index in [-0.39, 0.29) is 5.41 Å². The molecule has 2 atom stereocenters. The highest BCUT2D eigenvalue weighted by atomic mass is 16.5. The normalized spacial score (nSPS) is 25.8. The van der Waals surface area contributed by atoms with Crippen LogP contribution in [-0.2, 0) is 16.8 Å². The van der Waals surface area contributed by atoms with Crippen molar-refractivity contribution < 1.29 is 9.53 Å². The van der Waals surface area contributed by atoms with Gasteiger partial charge in [-0.15, -0.1) is 0 Å². The molecule has 0 N–H and O–H groups in total. The summed E-state index contributed by atoms with van der Waals surface area (Å²) in [4.78, 5) is 15.5. The minimum atomic E-state index is -0.355. The first-order valence-electron chi connectivity index (χ1n) is 8.72. The van der Waals surface area contributed by atoms with Crippen LogP contribution in [0.4, 0.5) is 0 Å². The van der Waals surface area contributed by atoms with Gasteiger partial charge in [0.25, 0.3) is 0 Å². The maximum Gasteiger partial charge on any atom is 0.233 e. The van der Waals surface area contributed by atoms with Crippen LogP contribution in [0.2, 0.25) is 0 Å². The van der Waals surface area contributed by atoms with E-state index in [1.54, 1.807) is 7.11 Å². The van der Waals surface area contributed by atoms with Crippen LogP contribution in [0.1, 0.15) is 36.8 Å². The molecule has 2 fully saturated rings. The standard InChI is InChI=1S/C21H23NO2/c1-24-19-11-5-9-17(13-19)21-12-6-10-18(14-21)22(20(21)23)15-16-7-3-2-4-8-16/h2-5,7-9,11,13,18H,6,10,12,14-15H2,1H3. The van der Waals surface area contributed by atoms with Gasteiger partial charge < -0.3 is 9.64 Å². The van der Waals surface area contributed by atoms with Gasteiger partial charge in [-0.3, -0.25) is 4.79 Å². The van der Waals surface area contributed by atoms with E-state index in [1.807, 2.05) is 36.4 Å². The van der Waals surface area contributed by atoms with Crippen LogP contribution in [-0.4, -0.2) is 24.0 Å². The Morgan fingerprint density at radius 1 is 1.17 bits per heavy atom. The van der Waals surface area contributed by atoms with Gasteiger partial charge in [-0.2, -0.15) is 0 Å². The van der Waals surface area contributed by atoms with Crippen molar-refractivity contribution in [3.05, 3.63) is 65.7 Å². The number of hydrogen-bond donors (Lipinski definition) is 0. The molecule has 0 aromatic heterocycles. The smallest absolute Gasteiger partial charge is 0.233 e. The van der Waals surface area contributed by atoms with Gasteiger partial charge in [0.1, 0.15) is 5.75 Å². The second kappa shape index (κ2) is 5.97. The van der Waals surface area contributed by atoms with Crippen LogP contribution >= 0.6 is 0 Å². The molecule has 0 spiro atoms. The Kier molecular flexibility index (Phi) is 3.79. The van der Waals surface area contributed by atoms with Gasteiger partial charge in [-0.05, 0) is 48.9 Å². The zero-order chi connectivity index (χ0) is 16.6. The topological polar surface area (TPSA) is 29.5 Å². The highest BCUT2D eigenvalue weighted by Crippen LogP contribution is 2.49. The van der Waals surface area contributed by atoms with Crippen LogP contribution in [0, 0.1) is 0 Å². The van der Waals surface area contributed by atoms with Crippen LogP contribution < -0.4 is 4.74 Å². The van der Waals surface area contributed by atoms with Crippen molar-refractivity contribution in [1.82, 2.24) is 4.90 Å². The third kappa shape index (κ3) is 2.39. The van der Waals surface area contributed by atoms with E-state index in [1.165, 1.54) is 5.56 Å². The number of benzene rings is 2. The molecule has 2 aliphatic rings. The summed E-state index contributed by atoms with van der Waals surface area (Å²) in [6.07, 6.45) is 4.11. The minimum Gasteiger partial charge on any atom is -0.497 e. The molecule has 1 aliphatic carbocycles. The molecule has 24 heavy (non-hydrogen) atoms. The van der Waals surface area contributed by atoms with Gasteiger partial charge in [-0.25, -0.2) is 0 Å². The first kappa shape index (κ1) is 15.3. The fourth-order valence-corrected chi connectivity index (χ4v) is 4.43. The molecular weight excluding hydrogens is 298 g/mol. The third-order valence-corrected chi connectivity index (χ3v) is 5.65. The summed E-state index contributed by atoms with van der Waals surface area (Å²) in [6, 6.07) is 18.8. The fraction of sp³-hybridized carbons (Fsp3) is 0.381. The summed E-state index contributed by atoms with van der Waals surface area (Å²) in [5.41, 5.74) is 1.97. The fourth-order valence-electron chi connectivity index (χ4n) is 4.43. The van der Waals surface area contributed by atoms with Gasteiger partial charge in [0.15, 0.2) is 0 Å². The lowest BCUT2D eigenvalue weighted by molar-refractivity contribution is -0.133. The molecular formula is C21H23NO2. The van der Waals surface area contributed by atoms with Crippen LogP contribution in [0.25, 0.3) is 0 Å². The molecule has 1 saturated carbocycles. The zero-order valence-electron chi connectivity index (χ0n) is 14.1. The number of likely N-dealkylation sites (tertiary alicyclic amines) is 1. The number of hydrogen-bond acceptors (Lipinski definition) is 2. The van der Waals surface area contributed by atoms with Crippen molar-refractivity contribution in [1.29, 1.82) is 0 Å². The molecule has 1 amide bonds. The molecule has 3 heteroatoms. The number of fused-ring (bicyclic) bond motifs is 2. The lowest BCUT2D eigenvalue weighted by Crippen LogP contribution is -2.37. The Morgan fingerprint density at radius 2 is 2.00 bits per heavy atom. The van der Waals surface area contributed by atoms with Crippen LogP contribution in [0.5, 0.6) is 5.75 Å². The van der Waals surface area contributed by atoms with Crippen LogP contribution in [0.3, 0.4) is 0 Å². The molecule has 2 aromatic rings. The molecule has 124 valence electrons. The summed E-state index contributed by atoms with van der Waals surface area (Å²) in [5.74, 6) is 1.13. The first-order valence-corrected chi connectivity index (χ1v) is 8.72.